The van der Waals surface area contributed by atoms with Crippen molar-refractivity contribution in [2.75, 3.05) is 28.7 Å². The van der Waals surface area contributed by atoms with Crippen LogP contribution in [0.3, 0.4) is 0 Å². The van der Waals surface area contributed by atoms with E-state index in [1.807, 2.05) is 13.0 Å². The number of nitrogens with one attached hydrogen (secondary N) is 2. The van der Waals surface area contributed by atoms with Gasteiger partial charge in [-0.15, -0.1) is 11.8 Å². The molecule has 0 saturated heterocycles. The number of aryl methyl sites for hydroxylation is 1. The monoisotopic (exact) mass is 420 g/mol. The molecule has 0 aliphatic rings. The summed E-state index contributed by atoms with van der Waals surface area (Å²) < 4.78 is 4.90. The van der Waals surface area contributed by atoms with Gasteiger partial charge in [0.2, 0.25) is 11.8 Å². The molecule has 2 aromatic rings. The number of esters is 1. The number of rotatable bonds is 8. The number of hydrogen-bond donors (Lipinski definition) is 2. The second-order valence-corrected chi connectivity index (χ2v) is 7.24. The zero-order valence-electron chi connectivity index (χ0n) is 15.6. The molecular weight excluding hydrogens is 400 g/mol. The van der Waals surface area contributed by atoms with Gasteiger partial charge in [-0.1, -0.05) is 17.7 Å². The molecule has 0 atom stereocenters. The topological polar surface area (TPSA) is 84.5 Å². The van der Waals surface area contributed by atoms with Gasteiger partial charge in [0.1, 0.15) is 0 Å². The molecule has 0 bridgehead atoms. The summed E-state index contributed by atoms with van der Waals surface area (Å²) in [5.74, 6) is -0.587. The van der Waals surface area contributed by atoms with Crippen LogP contribution in [0.5, 0.6) is 0 Å². The Labute approximate surface area is 173 Å². The molecule has 2 aromatic carbocycles. The average molecular weight is 421 g/mol. The number of carbonyl (C=O) groups is 3. The van der Waals surface area contributed by atoms with Gasteiger partial charge in [0.05, 0.1) is 23.7 Å². The van der Waals surface area contributed by atoms with Gasteiger partial charge in [-0.3, -0.25) is 9.59 Å². The van der Waals surface area contributed by atoms with Gasteiger partial charge in [-0.25, -0.2) is 4.79 Å². The summed E-state index contributed by atoms with van der Waals surface area (Å²) in [4.78, 5) is 35.5. The fourth-order valence-corrected chi connectivity index (χ4v) is 3.00. The van der Waals surface area contributed by atoms with E-state index in [4.69, 9.17) is 16.3 Å². The summed E-state index contributed by atoms with van der Waals surface area (Å²) in [6.45, 7) is 3.92. The predicted octanol–water partition coefficient (Wildman–Crippen LogP) is 4.14. The molecule has 2 N–H and O–H groups in total. The lowest BCUT2D eigenvalue weighted by Gasteiger charge is -2.08. The molecule has 0 radical (unpaired) electrons. The molecule has 28 heavy (non-hydrogen) atoms. The summed E-state index contributed by atoms with van der Waals surface area (Å²) in [5.41, 5.74) is 2.54. The summed E-state index contributed by atoms with van der Waals surface area (Å²) in [5, 5.41) is 6.04. The third kappa shape index (κ3) is 6.90. The van der Waals surface area contributed by atoms with Gasteiger partial charge in [0, 0.05) is 16.4 Å². The van der Waals surface area contributed by atoms with Crippen molar-refractivity contribution in [3.05, 3.63) is 58.6 Å². The van der Waals surface area contributed by atoms with Gasteiger partial charge in [-0.05, 0) is 55.8 Å². The number of ether oxygens (including phenoxy) is 1. The van der Waals surface area contributed by atoms with Crippen LogP contribution in [0.4, 0.5) is 11.4 Å². The number of anilines is 2. The van der Waals surface area contributed by atoms with E-state index in [1.165, 1.54) is 11.8 Å². The van der Waals surface area contributed by atoms with Gasteiger partial charge in [-0.2, -0.15) is 0 Å². The van der Waals surface area contributed by atoms with Crippen LogP contribution in [0.15, 0.2) is 42.5 Å². The minimum atomic E-state index is -0.406. The van der Waals surface area contributed by atoms with Gasteiger partial charge in [0.15, 0.2) is 0 Å². The smallest absolute Gasteiger partial charge is 0.338 e. The fraction of sp³-hybridized carbons (Fsp3) is 0.250. The standard InChI is InChI=1S/C20H21ClN2O4S/c1-3-27-20(26)14-5-8-15(9-6-14)22-18(24)11-28-12-19(25)23-16-7-4-13(2)17(21)10-16/h4-10H,3,11-12H2,1-2H3,(H,22,24)(H,23,25). The minimum Gasteiger partial charge on any atom is -0.462 e. The largest absolute Gasteiger partial charge is 0.462 e. The highest BCUT2D eigenvalue weighted by Gasteiger charge is 2.09. The van der Waals surface area contributed by atoms with Crippen molar-refractivity contribution < 1.29 is 19.1 Å². The Hall–Kier alpha value is -2.51. The van der Waals surface area contributed by atoms with Crippen LogP contribution in [0.25, 0.3) is 0 Å². The van der Waals surface area contributed by atoms with Gasteiger partial charge in [0.25, 0.3) is 0 Å². The van der Waals surface area contributed by atoms with Crippen LogP contribution in [0.1, 0.15) is 22.8 Å². The lowest BCUT2D eigenvalue weighted by molar-refractivity contribution is -0.114. The molecule has 0 heterocycles. The minimum absolute atomic E-state index is 0.127. The molecule has 0 aliphatic heterocycles. The molecule has 0 unspecified atom stereocenters. The molecular formula is C20H21ClN2O4S. The second kappa shape index (κ2) is 10.7. The van der Waals surface area contributed by atoms with Crippen molar-refractivity contribution in [1.29, 1.82) is 0 Å². The predicted molar refractivity (Wildman–Crippen MR) is 113 cm³/mol. The second-order valence-electron chi connectivity index (χ2n) is 5.85. The fourth-order valence-electron chi connectivity index (χ4n) is 2.21. The van der Waals surface area contributed by atoms with Crippen LogP contribution in [-0.2, 0) is 14.3 Å². The first-order valence-corrected chi connectivity index (χ1v) is 10.1. The molecule has 6 nitrogen and oxygen atoms in total. The quantitative estimate of drug-likeness (QED) is 0.627. The van der Waals surface area contributed by atoms with Crippen LogP contribution >= 0.6 is 23.4 Å². The Kier molecular flexibility index (Phi) is 8.35. The third-order valence-electron chi connectivity index (χ3n) is 3.60. The lowest BCUT2D eigenvalue weighted by atomic mass is 10.2. The highest BCUT2D eigenvalue weighted by Crippen LogP contribution is 2.20. The molecule has 0 saturated carbocycles. The first-order valence-electron chi connectivity index (χ1n) is 8.60. The number of amides is 2. The molecule has 0 aromatic heterocycles. The number of thioether (sulfide) groups is 1. The molecule has 0 aliphatic carbocycles. The maximum atomic E-state index is 12.0. The normalized spacial score (nSPS) is 10.2. The maximum absolute atomic E-state index is 12.0. The molecule has 148 valence electrons. The van der Waals surface area contributed by atoms with Crippen molar-refractivity contribution in [3.63, 3.8) is 0 Å². The third-order valence-corrected chi connectivity index (χ3v) is 4.94. The van der Waals surface area contributed by atoms with E-state index >= 15 is 0 Å². The van der Waals surface area contributed by atoms with Crippen LogP contribution < -0.4 is 10.6 Å². The summed E-state index contributed by atoms with van der Waals surface area (Å²) in [7, 11) is 0. The van der Waals surface area contributed by atoms with E-state index in [0.717, 1.165) is 5.56 Å². The lowest BCUT2D eigenvalue weighted by Crippen LogP contribution is -2.18. The summed E-state index contributed by atoms with van der Waals surface area (Å²) in [6.07, 6.45) is 0. The first-order chi connectivity index (χ1) is 13.4. The van der Waals surface area contributed by atoms with Gasteiger partial charge < -0.3 is 15.4 Å². The zero-order chi connectivity index (χ0) is 20.5. The number of hydrogen-bond acceptors (Lipinski definition) is 5. The van der Waals surface area contributed by atoms with E-state index in [0.29, 0.717) is 28.6 Å². The van der Waals surface area contributed by atoms with E-state index in [9.17, 15) is 14.4 Å². The van der Waals surface area contributed by atoms with Crippen molar-refractivity contribution >= 4 is 52.5 Å². The van der Waals surface area contributed by atoms with Crippen molar-refractivity contribution in [1.82, 2.24) is 0 Å². The Balaban J connectivity index is 1.74. The van der Waals surface area contributed by atoms with Gasteiger partial charge >= 0.3 is 5.97 Å². The zero-order valence-corrected chi connectivity index (χ0v) is 17.2. The van der Waals surface area contributed by atoms with E-state index < -0.39 is 5.97 Å². The van der Waals surface area contributed by atoms with Crippen molar-refractivity contribution in [2.45, 2.75) is 13.8 Å². The highest BCUT2D eigenvalue weighted by molar-refractivity contribution is 8.00. The number of benzene rings is 2. The van der Waals surface area contributed by atoms with Crippen molar-refractivity contribution in [3.8, 4) is 0 Å². The number of halogens is 1. The molecule has 8 heteroatoms. The van der Waals surface area contributed by atoms with Crippen molar-refractivity contribution in [2.24, 2.45) is 0 Å². The van der Waals surface area contributed by atoms with Crippen LogP contribution in [0, 0.1) is 6.92 Å². The summed E-state index contributed by atoms with van der Waals surface area (Å²) >= 11 is 7.23. The SMILES string of the molecule is CCOC(=O)c1ccc(NC(=O)CSCC(=O)Nc2ccc(C)c(Cl)c2)cc1. The maximum Gasteiger partial charge on any atom is 0.338 e. The highest BCUT2D eigenvalue weighted by atomic mass is 35.5. The molecule has 0 spiro atoms. The Morgan fingerprint density at radius 3 is 2.11 bits per heavy atom. The summed E-state index contributed by atoms with van der Waals surface area (Å²) in [6, 6.07) is 11.7. The Morgan fingerprint density at radius 2 is 1.54 bits per heavy atom. The average Bonchev–Trinajstić information content (AvgIpc) is 2.65. The Morgan fingerprint density at radius 1 is 0.964 bits per heavy atom. The van der Waals surface area contributed by atoms with E-state index in [1.54, 1.807) is 43.3 Å². The van der Waals surface area contributed by atoms with E-state index in [-0.39, 0.29) is 23.3 Å². The van der Waals surface area contributed by atoms with E-state index in [2.05, 4.69) is 10.6 Å². The van der Waals surface area contributed by atoms with Crippen LogP contribution in [-0.4, -0.2) is 35.9 Å². The number of carbonyl (C=O) groups excluding carboxylic acids is 3. The Bertz CT molecular complexity index is 856. The molecule has 2 rings (SSSR count). The van der Waals surface area contributed by atoms with Crippen LogP contribution in [0.2, 0.25) is 5.02 Å². The molecule has 2 amide bonds. The molecule has 0 fully saturated rings. The first kappa shape index (κ1) is 21.8.